The van der Waals surface area contributed by atoms with E-state index in [2.05, 4.69) is 6.92 Å². The molecule has 1 amide bonds. The van der Waals surface area contributed by atoms with Gasteiger partial charge in [0.2, 0.25) is 15.9 Å². The molecule has 0 saturated carbocycles. The number of rotatable bonds is 6. The summed E-state index contributed by atoms with van der Waals surface area (Å²) in [6, 6.07) is 5.70. The number of hydrogen-bond donors (Lipinski definition) is 0. The lowest BCUT2D eigenvalue weighted by molar-refractivity contribution is -0.387. The van der Waals surface area contributed by atoms with Gasteiger partial charge in [0.15, 0.2) is 4.90 Å². The fraction of sp³-hybridized carbons (Fsp3) is 0.632. The number of carbonyl (C=O) groups excluding carboxylic acids is 1. The van der Waals surface area contributed by atoms with E-state index in [1.807, 2.05) is 9.80 Å². The summed E-state index contributed by atoms with van der Waals surface area (Å²) < 4.78 is 27.1. The number of amides is 1. The van der Waals surface area contributed by atoms with Gasteiger partial charge in [-0.3, -0.25) is 19.8 Å². The van der Waals surface area contributed by atoms with Crippen LogP contribution in [0.5, 0.6) is 0 Å². The van der Waals surface area contributed by atoms with E-state index < -0.39 is 20.6 Å². The zero-order chi connectivity index (χ0) is 21.0. The van der Waals surface area contributed by atoms with Crippen LogP contribution in [0.3, 0.4) is 0 Å². The molecule has 0 bridgehead atoms. The summed E-state index contributed by atoms with van der Waals surface area (Å²) in [5, 5.41) is 11.2. The summed E-state index contributed by atoms with van der Waals surface area (Å²) in [6.45, 7) is 4.45. The number of piperazine rings is 1. The van der Waals surface area contributed by atoms with Crippen molar-refractivity contribution >= 4 is 21.6 Å². The van der Waals surface area contributed by atoms with E-state index in [9.17, 15) is 23.3 Å². The largest absolute Gasteiger partial charge is 0.339 e. The van der Waals surface area contributed by atoms with Crippen molar-refractivity contribution in [2.45, 2.75) is 43.5 Å². The van der Waals surface area contributed by atoms with Crippen LogP contribution in [-0.4, -0.2) is 78.7 Å². The van der Waals surface area contributed by atoms with Crippen LogP contribution < -0.4 is 0 Å². The summed E-state index contributed by atoms with van der Waals surface area (Å²) in [6.07, 6.45) is 4.19. The van der Waals surface area contributed by atoms with Gasteiger partial charge in [0.05, 0.1) is 11.5 Å². The first-order valence-electron chi connectivity index (χ1n) is 10.1. The molecule has 0 radical (unpaired) electrons. The molecule has 2 aliphatic heterocycles. The molecule has 0 aromatic heterocycles. The van der Waals surface area contributed by atoms with E-state index in [1.165, 1.54) is 28.6 Å². The van der Waals surface area contributed by atoms with Crippen molar-refractivity contribution in [1.29, 1.82) is 0 Å². The van der Waals surface area contributed by atoms with Gasteiger partial charge in [-0.05, 0) is 31.7 Å². The second kappa shape index (κ2) is 9.19. The normalized spacial score (nSPS) is 21.8. The molecular weight excluding hydrogens is 396 g/mol. The maximum absolute atomic E-state index is 12.9. The smallest absolute Gasteiger partial charge is 0.289 e. The molecule has 160 valence electrons. The fourth-order valence-electron chi connectivity index (χ4n) is 4.13. The Hall–Kier alpha value is -2.04. The van der Waals surface area contributed by atoms with Gasteiger partial charge < -0.3 is 4.90 Å². The quantitative estimate of drug-likeness (QED) is 0.508. The predicted molar refractivity (Wildman–Crippen MR) is 108 cm³/mol. The molecule has 2 aliphatic rings. The maximum Gasteiger partial charge on any atom is 0.289 e. The second-order valence-corrected chi connectivity index (χ2v) is 9.46. The van der Waals surface area contributed by atoms with E-state index in [-0.39, 0.29) is 30.4 Å². The molecule has 0 N–H and O–H groups in total. The maximum atomic E-state index is 12.9. The summed E-state index contributed by atoms with van der Waals surface area (Å²) >= 11 is 0. The molecule has 0 unspecified atom stereocenters. The lowest BCUT2D eigenvalue weighted by Crippen LogP contribution is -2.53. The Labute approximate surface area is 171 Å². The monoisotopic (exact) mass is 424 g/mol. The van der Waals surface area contributed by atoms with E-state index >= 15 is 0 Å². The number of nitro groups is 1. The number of nitro benzene ring substituents is 1. The third kappa shape index (κ3) is 4.76. The fourth-order valence-corrected chi connectivity index (χ4v) is 5.71. The second-order valence-electron chi connectivity index (χ2n) is 7.55. The Kier molecular flexibility index (Phi) is 6.86. The molecule has 2 fully saturated rings. The summed E-state index contributed by atoms with van der Waals surface area (Å²) in [5.41, 5.74) is -0.416. The van der Waals surface area contributed by atoms with E-state index in [0.29, 0.717) is 19.1 Å². The minimum atomic E-state index is -3.95. The van der Waals surface area contributed by atoms with Gasteiger partial charge >= 0.3 is 0 Å². The number of hydrogen-bond acceptors (Lipinski definition) is 6. The zero-order valence-electron chi connectivity index (χ0n) is 16.7. The molecule has 0 spiro atoms. The van der Waals surface area contributed by atoms with Crippen LogP contribution in [0.25, 0.3) is 0 Å². The molecule has 1 aromatic carbocycles. The number of sulfonamides is 1. The van der Waals surface area contributed by atoms with Crippen molar-refractivity contribution < 1.29 is 18.1 Å². The Bertz CT molecular complexity index is 852. The first kappa shape index (κ1) is 21.7. The van der Waals surface area contributed by atoms with Crippen LogP contribution in [0.4, 0.5) is 5.69 Å². The van der Waals surface area contributed by atoms with Gasteiger partial charge in [0, 0.05) is 44.8 Å². The number of nitrogens with zero attached hydrogens (tertiary/aromatic N) is 4. The highest BCUT2D eigenvalue weighted by Crippen LogP contribution is 2.27. The molecule has 3 rings (SSSR count). The summed E-state index contributed by atoms with van der Waals surface area (Å²) in [4.78, 5) is 26.9. The number of para-hydroxylation sites is 1. The van der Waals surface area contributed by atoms with Gasteiger partial charge in [0.25, 0.3) is 5.69 Å². The topological polar surface area (TPSA) is 104 Å². The average molecular weight is 425 g/mol. The SMILES string of the molecule is CC[C@H]1CCCCN1C(=O)CN1CCN(S(=O)(=O)c2ccccc2[N+](=O)[O-])CC1. The molecule has 2 heterocycles. The first-order valence-corrected chi connectivity index (χ1v) is 11.5. The van der Waals surface area contributed by atoms with Gasteiger partial charge in [-0.25, -0.2) is 8.42 Å². The highest BCUT2D eigenvalue weighted by molar-refractivity contribution is 7.89. The molecule has 2 saturated heterocycles. The Morgan fingerprint density at radius 3 is 2.48 bits per heavy atom. The van der Waals surface area contributed by atoms with Crippen molar-refractivity contribution in [3.8, 4) is 0 Å². The van der Waals surface area contributed by atoms with E-state index in [4.69, 9.17) is 0 Å². The van der Waals surface area contributed by atoms with Gasteiger partial charge in [0.1, 0.15) is 0 Å². The molecule has 10 heteroatoms. The molecule has 1 aromatic rings. The Morgan fingerprint density at radius 2 is 1.83 bits per heavy atom. The standard InChI is InChI=1S/C19H28N4O5S/c1-2-16-7-5-6-10-22(16)19(24)15-20-11-13-21(14-12-20)29(27,28)18-9-4-3-8-17(18)23(25)26/h3-4,8-9,16H,2,5-7,10-15H2,1H3/t16-/m0/s1. The third-order valence-corrected chi connectivity index (χ3v) is 7.73. The van der Waals surface area contributed by atoms with Crippen molar-refractivity contribution in [2.75, 3.05) is 39.3 Å². The highest BCUT2D eigenvalue weighted by Gasteiger charge is 2.34. The molecule has 1 atom stereocenters. The molecule has 29 heavy (non-hydrogen) atoms. The number of benzene rings is 1. The van der Waals surface area contributed by atoms with Crippen molar-refractivity contribution in [2.24, 2.45) is 0 Å². The van der Waals surface area contributed by atoms with Crippen LogP contribution in [0, 0.1) is 10.1 Å². The van der Waals surface area contributed by atoms with Gasteiger partial charge in [-0.15, -0.1) is 0 Å². The van der Waals surface area contributed by atoms with Crippen LogP contribution in [-0.2, 0) is 14.8 Å². The minimum Gasteiger partial charge on any atom is -0.339 e. The van der Waals surface area contributed by atoms with Crippen LogP contribution in [0.2, 0.25) is 0 Å². The highest BCUT2D eigenvalue weighted by atomic mass is 32.2. The number of piperidine rings is 1. The molecular formula is C19H28N4O5S. The van der Waals surface area contributed by atoms with Crippen molar-refractivity contribution in [1.82, 2.24) is 14.1 Å². The number of likely N-dealkylation sites (tertiary alicyclic amines) is 1. The van der Waals surface area contributed by atoms with Crippen LogP contribution in [0.1, 0.15) is 32.6 Å². The van der Waals surface area contributed by atoms with Gasteiger partial charge in [-0.1, -0.05) is 19.1 Å². The van der Waals surface area contributed by atoms with Gasteiger partial charge in [-0.2, -0.15) is 4.31 Å². The Balaban J connectivity index is 1.62. The lowest BCUT2D eigenvalue weighted by Gasteiger charge is -2.38. The molecule has 0 aliphatic carbocycles. The van der Waals surface area contributed by atoms with E-state index in [0.717, 1.165) is 32.2 Å². The molecule has 9 nitrogen and oxygen atoms in total. The predicted octanol–water partition coefficient (Wildman–Crippen LogP) is 1.69. The zero-order valence-corrected chi connectivity index (χ0v) is 17.5. The van der Waals surface area contributed by atoms with Crippen LogP contribution in [0.15, 0.2) is 29.2 Å². The van der Waals surface area contributed by atoms with Crippen molar-refractivity contribution in [3.05, 3.63) is 34.4 Å². The minimum absolute atomic E-state index is 0.103. The summed E-state index contributed by atoms with van der Waals surface area (Å²) in [5.74, 6) is 0.103. The summed E-state index contributed by atoms with van der Waals surface area (Å²) in [7, 11) is -3.95. The van der Waals surface area contributed by atoms with E-state index in [1.54, 1.807) is 0 Å². The average Bonchev–Trinajstić information content (AvgIpc) is 2.74. The third-order valence-electron chi connectivity index (χ3n) is 5.79. The van der Waals surface area contributed by atoms with Crippen molar-refractivity contribution in [3.63, 3.8) is 0 Å². The number of carbonyl (C=O) groups is 1. The van der Waals surface area contributed by atoms with Crippen LogP contribution >= 0.6 is 0 Å². The lowest BCUT2D eigenvalue weighted by atomic mass is 10.00. The Morgan fingerprint density at radius 1 is 1.14 bits per heavy atom. The first-order chi connectivity index (χ1) is 13.8.